The molecule has 94 valence electrons. The first kappa shape index (κ1) is 13.9. The Bertz CT molecular complexity index is 429. The molecule has 0 amide bonds. The molecule has 0 saturated carbocycles. The minimum absolute atomic E-state index is 0.0392. The lowest BCUT2D eigenvalue weighted by molar-refractivity contribution is -0.384. The van der Waals surface area contributed by atoms with E-state index in [1.165, 1.54) is 12.1 Å². The maximum atomic E-state index is 10.6. The zero-order chi connectivity index (χ0) is 13.2. The van der Waals surface area contributed by atoms with Gasteiger partial charge in [0.1, 0.15) is 0 Å². The van der Waals surface area contributed by atoms with Gasteiger partial charge in [-0.2, -0.15) is 0 Å². The monoisotopic (exact) mass is 302 g/mol. The van der Waals surface area contributed by atoms with Gasteiger partial charge in [0.2, 0.25) is 0 Å². The van der Waals surface area contributed by atoms with Gasteiger partial charge in [-0.1, -0.05) is 0 Å². The molecule has 0 fully saturated rings. The van der Waals surface area contributed by atoms with Crippen molar-refractivity contribution in [1.29, 1.82) is 0 Å². The summed E-state index contributed by atoms with van der Waals surface area (Å²) in [5, 5.41) is 20.3. The van der Waals surface area contributed by atoms with E-state index in [1.54, 1.807) is 19.9 Å². The Morgan fingerprint density at radius 2 is 2.12 bits per heavy atom. The minimum atomic E-state index is -0.823. The molecule has 0 unspecified atom stereocenters. The van der Waals surface area contributed by atoms with Crippen LogP contribution in [0.5, 0.6) is 0 Å². The molecule has 0 aromatic heterocycles. The predicted octanol–water partition coefficient (Wildman–Crippen LogP) is 2.56. The fourth-order valence-corrected chi connectivity index (χ4v) is 2.25. The van der Waals surface area contributed by atoms with Crippen LogP contribution in [0.1, 0.15) is 13.8 Å². The van der Waals surface area contributed by atoms with Crippen LogP contribution in [0.25, 0.3) is 0 Å². The van der Waals surface area contributed by atoms with Gasteiger partial charge >= 0.3 is 0 Å². The highest BCUT2D eigenvalue weighted by molar-refractivity contribution is 9.10. The second-order valence-corrected chi connectivity index (χ2v) is 5.42. The second-order valence-electron chi connectivity index (χ2n) is 4.56. The molecule has 0 atom stereocenters. The Balaban J connectivity index is 2.96. The molecule has 0 heterocycles. The number of aliphatic hydroxyl groups is 1. The maximum Gasteiger partial charge on any atom is 0.270 e. The SMILES string of the molecule is CN(CC(C)(C)O)c1ccc([N+](=O)[O-])cc1Br. The third kappa shape index (κ3) is 3.98. The highest BCUT2D eigenvalue weighted by Crippen LogP contribution is 2.30. The number of nitro benzene ring substituents is 1. The summed E-state index contributed by atoms with van der Waals surface area (Å²) in [6, 6.07) is 4.56. The van der Waals surface area contributed by atoms with Crippen LogP contribution in [-0.2, 0) is 0 Å². The van der Waals surface area contributed by atoms with Crippen LogP contribution in [0, 0.1) is 10.1 Å². The van der Waals surface area contributed by atoms with Crippen LogP contribution >= 0.6 is 15.9 Å². The van der Waals surface area contributed by atoms with Crippen LogP contribution in [0.15, 0.2) is 22.7 Å². The van der Waals surface area contributed by atoms with Crippen LogP contribution < -0.4 is 4.90 Å². The van der Waals surface area contributed by atoms with Gasteiger partial charge in [0.25, 0.3) is 5.69 Å². The first-order chi connectivity index (χ1) is 7.70. The lowest BCUT2D eigenvalue weighted by atomic mass is 10.1. The van der Waals surface area contributed by atoms with E-state index in [1.807, 2.05) is 11.9 Å². The number of hydrogen-bond acceptors (Lipinski definition) is 4. The Labute approximate surface area is 108 Å². The zero-order valence-electron chi connectivity index (χ0n) is 9.98. The summed E-state index contributed by atoms with van der Waals surface area (Å²) in [6.45, 7) is 3.86. The summed E-state index contributed by atoms with van der Waals surface area (Å²) >= 11 is 3.30. The van der Waals surface area contributed by atoms with Gasteiger partial charge in [0.05, 0.1) is 16.2 Å². The maximum absolute atomic E-state index is 10.6. The summed E-state index contributed by atoms with van der Waals surface area (Å²) < 4.78 is 0.637. The van der Waals surface area contributed by atoms with Gasteiger partial charge in [-0.15, -0.1) is 0 Å². The third-order valence-electron chi connectivity index (χ3n) is 2.18. The van der Waals surface area contributed by atoms with E-state index in [4.69, 9.17) is 0 Å². The van der Waals surface area contributed by atoms with E-state index >= 15 is 0 Å². The Kier molecular flexibility index (Phi) is 4.11. The van der Waals surface area contributed by atoms with Crippen molar-refractivity contribution in [2.75, 3.05) is 18.5 Å². The van der Waals surface area contributed by atoms with Gasteiger partial charge in [-0.3, -0.25) is 10.1 Å². The van der Waals surface area contributed by atoms with Gasteiger partial charge in [0.15, 0.2) is 0 Å². The Morgan fingerprint density at radius 3 is 2.53 bits per heavy atom. The molecular formula is C11H15BrN2O3. The zero-order valence-corrected chi connectivity index (χ0v) is 11.6. The number of likely N-dealkylation sites (N-methyl/N-ethyl adjacent to an activating group) is 1. The molecule has 0 bridgehead atoms. The fraction of sp³-hybridized carbons (Fsp3) is 0.455. The summed E-state index contributed by atoms with van der Waals surface area (Å²) in [5.41, 5.74) is 0.0192. The normalized spacial score (nSPS) is 11.4. The Morgan fingerprint density at radius 1 is 1.53 bits per heavy atom. The van der Waals surface area contributed by atoms with Gasteiger partial charge in [0, 0.05) is 30.2 Å². The van der Waals surface area contributed by atoms with Crippen molar-refractivity contribution in [2.45, 2.75) is 19.4 Å². The fourth-order valence-electron chi connectivity index (χ4n) is 1.58. The van der Waals surface area contributed by atoms with Crippen molar-refractivity contribution < 1.29 is 10.0 Å². The van der Waals surface area contributed by atoms with Crippen molar-refractivity contribution in [1.82, 2.24) is 0 Å². The average molecular weight is 303 g/mol. The summed E-state index contributed by atoms with van der Waals surface area (Å²) in [4.78, 5) is 12.0. The van der Waals surface area contributed by atoms with Crippen molar-refractivity contribution in [3.63, 3.8) is 0 Å². The number of non-ortho nitro benzene ring substituents is 1. The topological polar surface area (TPSA) is 66.6 Å². The van der Waals surface area contributed by atoms with E-state index in [0.29, 0.717) is 11.0 Å². The van der Waals surface area contributed by atoms with E-state index in [-0.39, 0.29) is 5.69 Å². The number of hydrogen-bond donors (Lipinski definition) is 1. The van der Waals surface area contributed by atoms with Crippen molar-refractivity contribution >= 4 is 27.3 Å². The molecule has 0 spiro atoms. The number of nitrogens with zero attached hydrogens (tertiary/aromatic N) is 2. The number of rotatable bonds is 4. The van der Waals surface area contributed by atoms with E-state index < -0.39 is 10.5 Å². The highest BCUT2D eigenvalue weighted by Gasteiger charge is 2.18. The molecule has 0 aliphatic rings. The largest absolute Gasteiger partial charge is 0.389 e. The van der Waals surface area contributed by atoms with E-state index in [0.717, 1.165) is 5.69 Å². The number of halogens is 1. The smallest absolute Gasteiger partial charge is 0.270 e. The summed E-state index contributed by atoms with van der Waals surface area (Å²) in [5.74, 6) is 0. The Hall–Kier alpha value is -1.14. The van der Waals surface area contributed by atoms with Gasteiger partial charge in [-0.25, -0.2) is 0 Å². The summed E-state index contributed by atoms with van der Waals surface area (Å²) in [6.07, 6.45) is 0. The standard InChI is InChI=1S/C11H15BrN2O3/c1-11(2,15)7-13(3)10-5-4-8(14(16)17)6-9(10)12/h4-6,15H,7H2,1-3H3. The molecule has 0 aliphatic heterocycles. The number of nitro groups is 1. The van der Waals surface area contributed by atoms with Crippen molar-refractivity contribution in [3.05, 3.63) is 32.8 Å². The van der Waals surface area contributed by atoms with E-state index in [9.17, 15) is 15.2 Å². The molecule has 5 nitrogen and oxygen atoms in total. The molecule has 1 N–H and O–H groups in total. The molecule has 1 aromatic rings. The first-order valence-corrected chi connectivity index (χ1v) is 5.87. The highest BCUT2D eigenvalue weighted by atomic mass is 79.9. The second kappa shape index (κ2) is 5.01. The van der Waals surface area contributed by atoms with Crippen LogP contribution in [-0.4, -0.2) is 29.2 Å². The molecular weight excluding hydrogens is 288 g/mol. The van der Waals surface area contributed by atoms with E-state index in [2.05, 4.69) is 15.9 Å². The van der Waals surface area contributed by atoms with Crippen molar-refractivity contribution in [2.24, 2.45) is 0 Å². The molecule has 17 heavy (non-hydrogen) atoms. The van der Waals surface area contributed by atoms with Crippen LogP contribution in [0.2, 0.25) is 0 Å². The predicted molar refractivity (Wildman–Crippen MR) is 70.4 cm³/mol. The average Bonchev–Trinajstić information content (AvgIpc) is 2.14. The summed E-state index contributed by atoms with van der Waals surface area (Å²) in [7, 11) is 1.82. The quantitative estimate of drug-likeness (QED) is 0.686. The van der Waals surface area contributed by atoms with Gasteiger partial charge < -0.3 is 10.0 Å². The molecule has 0 saturated heterocycles. The number of benzene rings is 1. The molecule has 1 aromatic carbocycles. The lowest BCUT2D eigenvalue weighted by Gasteiger charge is -2.27. The minimum Gasteiger partial charge on any atom is -0.389 e. The third-order valence-corrected chi connectivity index (χ3v) is 2.81. The molecule has 0 radical (unpaired) electrons. The molecule has 6 heteroatoms. The van der Waals surface area contributed by atoms with Crippen LogP contribution in [0.3, 0.4) is 0 Å². The van der Waals surface area contributed by atoms with Crippen LogP contribution in [0.4, 0.5) is 11.4 Å². The van der Waals surface area contributed by atoms with Crippen molar-refractivity contribution in [3.8, 4) is 0 Å². The lowest BCUT2D eigenvalue weighted by Crippen LogP contribution is -2.36. The molecule has 0 aliphatic carbocycles. The van der Waals surface area contributed by atoms with Gasteiger partial charge in [-0.05, 0) is 35.8 Å². The molecule has 1 rings (SSSR count). The number of anilines is 1. The first-order valence-electron chi connectivity index (χ1n) is 5.08.